The highest BCUT2D eigenvalue weighted by molar-refractivity contribution is 9.10. The molecular weight excluding hydrogens is 279 g/mol. The lowest BCUT2D eigenvalue weighted by Crippen LogP contribution is -2.24. The molecule has 1 unspecified atom stereocenters. The van der Waals surface area contributed by atoms with Crippen molar-refractivity contribution >= 4 is 39.1 Å². The van der Waals surface area contributed by atoms with E-state index in [0.29, 0.717) is 17.1 Å². The molecule has 1 aromatic rings. The van der Waals surface area contributed by atoms with Crippen molar-refractivity contribution in [3.63, 3.8) is 0 Å². The summed E-state index contributed by atoms with van der Waals surface area (Å²) in [6, 6.07) is 5.06. The van der Waals surface area contributed by atoms with Gasteiger partial charge in [-0.15, -0.1) is 0 Å². The highest BCUT2D eigenvalue weighted by Gasteiger charge is 2.07. The van der Waals surface area contributed by atoms with Gasteiger partial charge in [-0.25, -0.2) is 0 Å². The first-order chi connectivity index (χ1) is 6.99. The second kappa shape index (κ2) is 5.49. The molecule has 5 heteroatoms. The van der Waals surface area contributed by atoms with Crippen LogP contribution >= 0.6 is 27.5 Å². The quantitative estimate of drug-likeness (QED) is 0.900. The zero-order valence-electron chi connectivity index (χ0n) is 8.26. The van der Waals surface area contributed by atoms with Crippen LogP contribution in [-0.2, 0) is 4.79 Å². The molecule has 0 aliphatic carbocycles. The van der Waals surface area contributed by atoms with E-state index in [1.807, 2.05) is 0 Å². The van der Waals surface area contributed by atoms with Gasteiger partial charge in [0, 0.05) is 22.0 Å². The molecule has 0 aliphatic heterocycles. The Labute approximate surface area is 102 Å². The number of hydrogen-bond donors (Lipinski definition) is 2. The number of hydrogen-bond acceptors (Lipinski definition) is 2. The lowest BCUT2D eigenvalue weighted by molar-refractivity contribution is -0.116. The first kappa shape index (κ1) is 12.5. The molecule has 82 valence electrons. The fourth-order valence-corrected chi connectivity index (χ4v) is 1.60. The molecule has 3 N–H and O–H groups in total. The predicted octanol–water partition coefficient (Wildman–Crippen LogP) is 2.78. The van der Waals surface area contributed by atoms with Crippen molar-refractivity contribution in [3.8, 4) is 0 Å². The first-order valence-electron chi connectivity index (χ1n) is 4.49. The van der Waals surface area contributed by atoms with Crippen LogP contribution in [0.25, 0.3) is 0 Å². The molecule has 0 radical (unpaired) electrons. The van der Waals surface area contributed by atoms with Crippen LogP contribution in [0.15, 0.2) is 22.7 Å². The number of carbonyl (C=O) groups is 1. The number of carbonyl (C=O) groups excluding carboxylic acids is 1. The number of nitrogens with one attached hydrogen (secondary N) is 1. The van der Waals surface area contributed by atoms with E-state index >= 15 is 0 Å². The molecule has 1 aromatic carbocycles. The van der Waals surface area contributed by atoms with Crippen molar-refractivity contribution < 1.29 is 4.79 Å². The summed E-state index contributed by atoms with van der Waals surface area (Å²) in [5.41, 5.74) is 6.18. The summed E-state index contributed by atoms with van der Waals surface area (Å²) in [6.07, 6.45) is 0.291. The van der Waals surface area contributed by atoms with Crippen LogP contribution < -0.4 is 11.1 Å². The second-order valence-electron chi connectivity index (χ2n) is 3.35. The van der Waals surface area contributed by atoms with Gasteiger partial charge in [0.1, 0.15) is 0 Å². The average Bonchev–Trinajstić information content (AvgIpc) is 2.10. The van der Waals surface area contributed by atoms with Crippen LogP contribution in [0.3, 0.4) is 0 Å². The highest BCUT2D eigenvalue weighted by atomic mass is 79.9. The third-order valence-electron chi connectivity index (χ3n) is 1.71. The summed E-state index contributed by atoms with van der Waals surface area (Å²) in [5.74, 6) is -0.118. The van der Waals surface area contributed by atoms with Crippen LogP contribution in [-0.4, -0.2) is 11.9 Å². The molecule has 0 saturated heterocycles. The Balaban J connectivity index is 2.71. The molecule has 1 atom stereocenters. The van der Waals surface area contributed by atoms with Crippen LogP contribution in [0.5, 0.6) is 0 Å². The van der Waals surface area contributed by atoms with Crippen molar-refractivity contribution in [2.75, 3.05) is 5.32 Å². The largest absolute Gasteiger partial charge is 0.327 e. The van der Waals surface area contributed by atoms with E-state index in [4.69, 9.17) is 17.3 Å². The number of benzene rings is 1. The second-order valence-corrected chi connectivity index (χ2v) is 4.64. The number of rotatable bonds is 3. The summed E-state index contributed by atoms with van der Waals surface area (Å²) in [4.78, 5) is 11.4. The van der Waals surface area contributed by atoms with E-state index in [-0.39, 0.29) is 11.9 Å². The number of anilines is 1. The summed E-state index contributed by atoms with van der Waals surface area (Å²) < 4.78 is 0.796. The Morgan fingerprint density at radius 1 is 1.67 bits per heavy atom. The van der Waals surface area contributed by atoms with Gasteiger partial charge in [0.05, 0.1) is 5.69 Å². The lowest BCUT2D eigenvalue weighted by Gasteiger charge is -2.09. The van der Waals surface area contributed by atoms with Gasteiger partial charge in [-0.1, -0.05) is 11.6 Å². The van der Waals surface area contributed by atoms with E-state index in [9.17, 15) is 4.79 Å². The third-order valence-corrected chi connectivity index (χ3v) is 2.64. The van der Waals surface area contributed by atoms with Gasteiger partial charge in [0.25, 0.3) is 0 Å². The van der Waals surface area contributed by atoms with Gasteiger partial charge < -0.3 is 11.1 Å². The molecule has 0 fully saturated rings. The Kier molecular flexibility index (Phi) is 4.57. The number of amides is 1. The van der Waals surface area contributed by atoms with Gasteiger partial charge >= 0.3 is 0 Å². The van der Waals surface area contributed by atoms with E-state index in [2.05, 4.69) is 21.2 Å². The van der Waals surface area contributed by atoms with E-state index in [1.54, 1.807) is 25.1 Å². The van der Waals surface area contributed by atoms with E-state index in [1.165, 1.54) is 0 Å². The van der Waals surface area contributed by atoms with Crippen LogP contribution in [0.4, 0.5) is 5.69 Å². The summed E-state index contributed by atoms with van der Waals surface area (Å²) >= 11 is 9.13. The van der Waals surface area contributed by atoms with Gasteiger partial charge in [0.2, 0.25) is 5.91 Å². The van der Waals surface area contributed by atoms with Gasteiger partial charge in [-0.2, -0.15) is 0 Å². The zero-order chi connectivity index (χ0) is 11.4. The van der Waals surface area contributed by atoms with Crippen LogP contribution in [0.1, 0.15) is 13.3 Å². The standard InChI is InChI=1S/C10H12BrClN2O/c1-6(13)4-10(15)14-9-5-7(12)2-3-8(9)11/h2-3,5-6H,4,13H2,1H3,(H,14,15). The predicted molar refractivity (Wildman–Crippen MR) is 66.0 cm³/mol. The number of nitrogens with two attached hydrogens (primary N) is 1. The average molecular weight is 292 g/mol. The van der Waals surface area contributed by atoms with Gasteiger partial charge in [-0.05, 0) is 41.1 Å². The van der Waals surface area contributed by atoms with Crippen LogP contribution in [0, 0.1) is 0 Å². The molecule has 0 saturated carbocycles. The lowest BCUT2D eigenvalue weighted by atomic mass is 10.2. The fraction of sp³-hybridized carbons (Fsp3) is 0.300. The molecule has 1 amide bonds. The van der Waals surface area contributed by atoms with Crippen molar-refractivity contribution in [2.45, 2.75) is 19.4 Å². The topological polar surface area (TPSA) is 55.1 Å². The summed E-state index contributed by atoms with van der Waals surface area (Å²) in [5, 5.41) is 3.31. The molecule has 0 heterocycles. The molecule has 1 rings (SSSR count). The maximum Gasteiger partial charge on any atom is 0.225 e. The molecule has 15 heavy (non-hydrogen) atoms. The zero-order valence-corrected chi connectivity index (χ0v) is 10.6. The summed E-state index contributed by atoms with van der Waals surface area (Å²) in [6.45, 7) is 1.78. The monoisotopic (exact) mass is 290 g/mol. The van der Waals surface area contributed by atoms with Crippen molar-refractivity contribution in [1.82, 2.24) is 0 Å². The highest BCUT2D eigenvalue weighted by Crippen LogP contribution is 2.25. The number of halogens is 2. The molecule has 0 aliphatic rings. The van der Waals surface area contributed by atoms with Crippen molar-refractivity contribution in [2.24, 2.45) is 5.73 Å². The van der Waals surface area contributed by atoms with Gasteiger partial charge in [-0.3, -0.25) is 4.79 Å². The van der Waals surface area contributed by atoms with E-state index < -0.39 is 0 Å². The maximum atomic E-state index is 11.4. The first-order valence-corrected chi connectivity index (χ1v) is 5.66. The van der Waals surface area contributed by atoms with E-state index in [0.717, 1.165) is 4.47 Å². The minimum absolute atomic E-state index is 0.118. The Morgan fingerprint density at radius 2 is 2.33 bits per heavy atom. The Morgan fingerprint density at radius 3 is 2.93 bits per heavy atom. The van der Waals surface area contributed by atoms with Crippen molar-refractivity contribution in [1.29, 1.82) is 0 Å². The molecule has 0 spiro atoms. The van der Waals surface area contributed by atoms with Crippen LogP contribution in [0.2, 0.25) is 5.02 Å². The molecule has 3 nitrogen and oxygen atoms in total. The minimum Gasteiger partial charge on any atom is -0.327 e. The fourth-order valence-electron chi connectivity index (χ4n) is 1.09. The summed E-state index contributed by atoms with van der Waals surface area (Å²) in [7, 11) is 0. The molecule has 0 bridgehead atoms. The van der Waals surface area contributed by atoms with Crippen molar-refractivity contribution in [3.05, 3.63) is 27.7 Å². The minimum atomic E-state index is -0.150. The molecule has 0 aromatic heterocycles. The normalized spacial score (nSPS) is 12.3. The maximum absolute atomic E-state index is 11.4. The van der Waals surface area contributed by atoms with Gasteiger partial charge in [0.15, 0.2) is 0 Å². The SMILES string of the molecule is CC(N)CC(=O)Nc1cc(Cl)ccc1Br. The smallest absolute Gasteiger partial charge is 0.225 e. The molecular formula is C10H12BrClN2O. The Hall–Kier alpha value is -0.580. The third kappa shape index (κ3) is 4.20. The Bertz CT molecular complexity index is 368.